The zero-order valence-corrected chi connectivity index (χ0v) is 14.9. The minimum atomic E-state index is -0.129. The average molecular weight is 346 g/mol. The van der Waals surface area contributed by atoms with Gasteiger partial charge in [-0.1, -0.05) is 49.4 Å². The van der Waals surface area contributed by atoms with E-state index in [0.29, 0.717) is 30.8 Å². The molecule has 2 heterocycles. The summed E-state index contributed by atoms with van der Waals surface area (Å²) in [6.45, 7) is 3.16. The summed E-state index contributed by atoms with van der Waals surface area (Å²) in [5.41, 5.74) is 3.99. The predicted molar refractivity (Wildman–Crippen MR) is 105 cm³/mol. The fourth-order valence-corrected chi connectivity index (χ4v) is 3.81. The van der Waals surface area contributed by atoms with Gasteiger partial charge in [0.2, 0.25) is 0 Å². The van der Waals surface area contributed by atoms with Crippen LogP contribution in [0, 0.1) is 0 Å². The zero-order valence-electron chi connectivity index (χ0n) is 14.9. The predicted octanol–water partition coefficient (Wildman–Crippen LogP) is 4.05. The Bertz CT molecular complexity index is 1050. The number of aliphatic imine (C=N–C) groups is 1. The van der Waals surface area contributed by atoms with E-state index in [-0.39, 0.29) is 11.3 Å². The minimum absolute atomic E-state index is 0.0682. The van der Waals surface area contributed by atoms with E-state index >= 15 is 0 Å². The van der Waals surface area contributed by atoms with Crippen LogP contribution in [-0.2, 0) is 19.5 Å². The third-order valence-electron chi connectivity index (χ3n) is 5.09. The maximum atomic E-state index is 13.2. The average Bonchev–Trinajstić information content (AvgIpc) is 2.69. The Kier molecular flexibility index (Phi) is 4.33. The molecular weight excluding hydrogens is 324 g/mol. The highest BCUT2D eigenvalue weighted by atomic mass is 16.3. The molecule has 0 aliphatic carbocycles. The second-order valence-electron chi connectivity index (χ2n) is 6.70. The molecule has 4 rings (SSSR count). The van der Waals surface area contributed by atoms with E-state index in [0.717, 1.165) is 34.9 Å². The van der Waals surface area contributed by atoms with E-state index in [1.165, 1.54) is 0 Å². The van der Waals surface area contributed by atoms with Crippen LogP contribution in [0.1, 0.15) is 36.5 Å². The molecule has 1 aliphatic rings. The second kappa shape index (κ2) is 6.79. The molecule has 1 aromatic heterocycles. The van der Waals surface area contributed by atoms with Crippen molar-refractivity contribution in [3.8, 4) is 5.75 Å². The molecule has 1 aliphatic heterocycles. The SMILES string of the molecule is CCC(=NCc1ccccc1)c1c(O)c2cccc3c2n(c1=O)CCC3. The number of aryl methyl sites for hydroxylation is 2. The van der Waals surface area contributed by atoms with Crippen LogP contribution in [0.5, 0.6) is 5.75 Å². The molecule has 0 bridgehead atoms. The highest BCUT2D eigenvalue weighted by molar-refractivity contribution is 6.06. The molecule has 0 saturated heterocycles. The van der Waals surface area contributed by atoms with Gasteiger partial charge in [-0.05, 0) is 36.5 Å². The Morgan fingerprint density at radius 3 is 2.73 bits per heavy atom. The number of aromatic nitrogens is 1. The lowest BCUT2D eigenvalue weighted by Crippen LogP contribution is -2.29. The largest absolute Gasteiger partial charge is 0.506 e. The van der Waals surface area contributed by atoms with Crippen LogP contribution in [-0.4, -0.2) is 15.4 Å². The van der Waals surface area contributed by atoms with Gasteiger partial charge in [-0.15, -0.1) is 0 Å². The van der Waals surface area contributed by atoms with Crippen LogP contribution in [0.3, 0.4) is 0 Å². The first-order chi connectivity index (χ1) is 12.7. The summed E-state index contributed by atoms with van der Waals surface area (Å²) in [4.78, 5) is 17.8. The monoisotopic (exact) mass is 346 g/mol. The first kappa shape index (κ1) is 16.6. The quantitative estimate of drug-likeness (QED) is 0.725. The van der Waals surface area contributed by atoms with Crippen LogP contribution in [0.25, 0.3) is 10.9 Å². The second-order valence-corrected chi connectivity index (χ2v) is 6.70. The Morgan fingerprint density at radius 1 is 1.15 bits per heavy atom. The van der Waals surface area contributed by atoms with Gasteiger partial charge in [0.25, 0.3) is 5.56 Å². The summed E-state index contributed by atoms with van der Waals surface area (Å²) < 4.78 is 1.82. The smallest absolute Gasteiger partial charge is 0.263 e. The van der Waals surface area contributed by atoms with Crippen molar-refractivity contribution in [2.45, 2.75) is 39.3 Å². The van der Waals surface area contributed by atoms with Crippen LogP contribution < -0.4 is 5.56 Å². The number of rotatable bonds is 4. The standard InChI is InChI=1S/C22H22N2O2/c1-2-18(23-14-15-8-4-3-5-9-15)19-21(25)17-12-6-10-16-11-7-13-24(20(16)17)22(19)26/h3-6,8-10,12,25H,2,7,11,13-14H2,1H3. The number of nitrogens with zero attached hydrogens (tertiary/aromatic N) is 2. The van der Waals surface area contributed by atoms with Crippen LogP contribution in [0.2, 0.25) is 0 Å². The summed E-state index contributed by atoms with van der Waals surface area (Å²) in [5, 5.41) is 11.7. The molecule has 1 N–H and O–H groups in total. The highest BCUT2D eigenvalue weighted by Crippen LogP contribution is 2.32. The normalized spacial score (nSPS) is 14.0. The summed E-state index contributed by atoms with van der Waals surface area (Å²) >= 11 is 0. The lowest BCUT2D eigenvalue weighted by molar-refractivity contribution is 0.475. The van der Waals surface area contributed by atoms with Crippen molar-refractivity contribution < 1.29 is 5.11 Å². The molecule has 0 fully saturated rings. The summed E-state index contributed by atoms with van der Waals surface area (Å²) in [7, 11) is 0. The van der Waals surface area contributed by atoms with Crippen molar-refractivity contribution in [3.63, 3.8) is 0 Å². The highest BCUT2D eigenvalue weighted by Gasteiger charge is 2.23. The van der Waals surface area contributed by atoms with Gasteiger partial charge >= 0.3 is 0 Å². The van der Waals surface area contributed by atoms with E-state index in [1.807, 2.05) is 60.0 Å². The lowest BCUT2D eigenvalue weighted by atomic mass is 9.97. The summed E-state index contributed by atoms with van der Waals surface area (Å²) in [5.74, 6) is 0.0682. The van der Waals surface area contributed by atoms with Gasteiger partial charge in [-0.2, -0.15) is 0 Å². The topological polar surface area (TPSA) is 54.6 Å². The molecule has 0 atom stereocenters. The molecule has 2 aromatic carbocycles. The van der Waals surface area contributed by atoms with Gasteiger partial charge < -0.3 is 9.67 Å². The molecule has 4 nitrogen and oxygen atoms in total. The first-order valence-electron chi connectivity index (χ1n) is 9.15. The Balaban J connectivity index is 1.89. The van der Waals surface area contributed by atoms with Crippen molar-refractivity contribution in [2.75, 3.05) is 0 Å². The van der Waals surface area contributed by atoms with Gasteiger partial charge in [0.05, 0.1) is 17.8 Å². The molecule has 3 aromatic rings. The number of hydrogen-bond donors (Lipinski definition) is 1. The first-order valence-corrected chi connectivity index (χ1v) is 9.15. The zero-order chi connectivity index (χ0) is 18.1. The molecule has 4 heteroatoms. The van der Waals surface area contributed by atoms with Gasteiger partial charge in [0.1, 0.15) is 11.3 Å². The third-order valence-corrected chi connectivity index (χ3v) is 5.09. The fraction of sp³-hybridized carbons (Fsp3) is 0.273. The number of para-hydroxylation sites is 1. The minimum Gasteiger partial charge on any atom is -0.506 e. The van der Waals surface area contributed by atoms with Crippen molar-refractivity contribution >= 4 is 16.6 Å². The summed E-state index contributed by atoms with van der Waals surface area (Å²) in [6, 6.07) is 15.8. The van der Waals surface area contributed by atoms with Crippen LogP contribution in [0.15, 0.2) is 58.3 Å². The molecule has 26 heavy (non-hydrogen) atoms. The third kappa shape index (κ3) is 2.71. The van der Waals surface area contributed by atoms with Gasteiger partial charge in [0, 0.05) is 11.9 Å². The van der Waals surface area contributed by atoms with Crippen molar-refractivity contribution in [3.05, 3.63) is 75.6 Å². The Labute approximate surface area is 152 Å². The van der Waals surface area contributed by atoms with Crippen molar-refractivity contribution in [1.29, 1.82) is 0 Å². The molecule has 0 saturated carbocycles. The van der Waals surface area contributed by atoms with Crippen LogP contribution in [0.4, 0.5) is 0 Å². The fourth-order valence-electron chi connectivity index (χ4n) is 3.81. The molecule has 132 valence electrons. The van der Waals surface area contributed by atoms with Gasteiger partial charge in [0.15, 0.2) is 0 Å². The maximum absolute atomic E-state index is 13.2. The van der Waals surface area contributed by atoms with E-state index in [4.69, 9.17) is 0 Å². The molecule has 0 amide bonds. The number of hydrogen-bond acceptors (Lipinski definition) is 3. The molecule has 0 radical (unpaired) electrons. The van der Waals surface area contributed by atoms with Gasteiger partial charge in [-0.3, -0.25) is 9.79 Å². The van der Waals surface area contributed by atoms with Crippen molar-refractivity contribution in [2.24, 2.45) is 4.99 Å². The molecular formula is C22H22N2O2. The van der Waals surface area contributed by atoms with Crippen molar-refractivity contribution in [1.82, 2.24) is 4.57 Å². The van der Waals surface area contributed by atoms with E-state index < -0.39 is 0 Å². The number of pyridine rings is 1. The molecule has 0 unspecified atom stereocenters. The van der Waals surface area contributed by atoms with Gasteiger partial charge in [-0.25, -0.2) is 0 Å². The maximum Gasteiger partial charge on any atom is 0.263 e. The number of benzene rings is 2. The lowest BCUT2D eigenvalue weighted by Gasteiger charge is -2.21. The Hall–Kier alpha value is -2.88. The van der Waals surface area contributed by atoms with E-state index in [1.54, 1.807) is 0 Å². The van der Waals surface area contributed by atoms with E-state index in [9.17, 15) is 9.90 Å². The molecule has 0 spiro atoms. The van der Waals surface area contributed by atoms with E-state index in [2.05, 4.69) is 4.99 Å². The Morgan fingerprint density at radius 2 is 1.96 bits per heavy atom. The number of aromatic hydroxyl groups is 1. The van der Waals surface area contributed by atoms with Crippen LogP contribution >= 0.6 is 0 Å². The summed E-state index contributed by atoms with van der Waals surface area (Å²) in [6.07, 6.45) is 2.48.